The molecule has 1 unspecified atom stereocenters. The van der Waals surface area contributed by atoms with Crippen LogP contribution in [0.2, 0.25) is 0 Å². The van der Waals surface area contributed by atoms with Crippen molar-refractivity contribution >= 4 is 5.91 Å². The minimum atomic E-state index is -0.156. The molecule has 1 atom stereocenters. The van der Waals surface area contributed by atoms with Crippen LogP contribution in [-0.2, 0) is 0 Å². The highest BCUT2D eigenvalue weighted by Crippen LogP contribution is 2.34. The molecule has 0 spiro atoms. The van der Waals surface area contributed by atoms with E-state index in [9.17, 15) is 4.79 Å². The van der Waals surface area contributed by atoms with E-state index >= 15 is 0 Å². The quantitative estimate of drug-likeness (QED) is 0.797. The van der Waals surface area contributed by atoms with E-state index in [1.165, 1.54) is 6.20 Å². The number of hydrogen-bond donors (Lipinski definition) is 2. The Kier molecular flexibility index (Phi) is 4.95. The van der Waals surface area contributed by atoms with E-state index < -0.39 is 0 Å². The van der Waals surface area contributed by atoms with Crippen molar-refractivity contribution in [3.05, 3.63) is 24.0 Å². The number of aliphatic hydroxyl groups is 1. The number of ether oxygens (including phenoxy) is 1. The van der Waals surface area contributed by atoms with Crippen molar-refractivity contribution in [3.63, 3.8) is 0 Å². The minimum Gasteiger partial charge on any atom is -0.489 e. The molecule has 1 aliphatic rings. The van der Waals surface area contributed by atoms with Crippen molar-refractivity contribution < 1.29 is 14.6 Å². The van der Waals surface area contributed by atoms with Crippen LogP contribution >= 0.6 is 0 Å². The molecule has 1 fully saturated rings. The molecule has 1 amide bonds. The van der Waals surface area contributed by atoms with Crippen LogP contribution in [0.4, 0.5) is 0 Å². The van der Waals surface area contributed by atoms with Gasteiger partial charge in [0.25, 0.3) is 5.91 Å². The molecule has 0 radical (unpaired) electrons. The van der Waals surface area contributed by atoms with E-state index in [0.717, 1.165) is 12.8 Å². The number of pyridine rings is 1. The lowest BCUT2D eigenvalue weighted by molar-refractivity contribution is 0.0923. The average molecular weight is 278 g/mol. The largest absolute Gasteiger partial charge is 0.489 e. The fraction of sp³-hybridized carbons (Fsp3) is 0.600. The van der Waals surface area contributed by atoms with Crippen LogP contribution in [0.3, 0.4) is 0 Å². The molecule has 5 heteroatoms. The minimum absolute atomic E-state index is 0.0451. The summed E-state index contributed by atoms with van der Waals surface area (Å²) < 4.78 is 5.53. The van der Waals surface area contributed by atoms with Gasteiger partial charge in [-0.3, -0.25) is 9.78 Å². The van der Waals surface area contributed by atoms with Crippen LogP contribution in [-0.4, -0.2) is 34.8 Å². The fourth-order valence-electron chi connectivity index (χ4n) is 2.19. The third-order valence-corrected chi connectivity index (χ3v) is 3.29. The average Bonchev–Trinajstić information content (AvgIpc) is 3.22. The molecule has 0 aromatic carbocycles. The number of carbonyl (C=O) groups excluding carboxylic acids is 1. The molecule has 20 heavy (non-hydrogen) atoms. The molecule has 1 saturated carbocycles. The lowest BCUT2D eigenvalue weighted by Gasteiger charge is -2.17. The predicted octanol–water partition coefficient (Wildman–Crippen LogP) is 1.76. The van der Waals surface area contributed by atoms with Gasteiger partial charge in [-0.1, -0.05) is 0 Å². The first-order chi connectivity index (χ1) is 9.60. The smallest absolute Gasteiger partial charge is 0.253 e. The molecule has 2 N–H and O–H groups in total. The molecule has 0 saturated heterocycles. The summed E-state index contributed by atoms with van der Waals surface area (Å²) in [7, 11) is 0. The van der Waals surface area contributed by atoms with Gasteiger partial charge in [0.15, 0.2) is 0 Å². The fourth-order valence-corrected chi connectivity index (χ4v) is 2.19. The lowest BCUT2D eigenvalue weighted by atomic mass is 10.1. The predicted molar refractivity (Wildman–Crippen MR) is 75.7 cm³/mol. The van der Waals surface area contributed by atoms with Gasteiger partial charge >= 0.3 is 0 Å². The van der Waals surface area contributed by atoms with Crippen molar-refractivity contribution in [1.82, 2.24) is 10.3 Å². The van der Waals surface area contributed by atoms with Crippen LogP contribution in [0.25, 0.3) is 0 Å². The van der Waals surface area contributed by atoms with Crippen molar-refractivity contribution in [3.8, 4) is 5.75 Å². The number of nitrogens with one attached hydrogen (secondary N) is 1. The number of aromatic nitrogens is 1. The zero-order valence-electron chi connectivity index (χ0n) is 12.0. The summed E-state index contributed by atoms with van der Waals surface area (Å²) in [5.41, 5.74) is 0.492. The second-order valence-corrected chi connectivity index (χ2v) is 5.51. The molecular formula is C15H22N2O3. The van der Waals surface area contributed by atoms with Crippen molar-refractivity contribution in [2.75, 3.05) is 6.61 Å². The highest BCUT2D eigenvalue weighted by atomic mass is 16.5. The molecular weight excluding hydrogens is 256 g/mol. The van der Waals surface area contributed by atoms with Gasteiger partial charge in [0, 0.05) is 18.8 Å². The maximum atomic E-state index is 12.2. The van der Waals surface area contributed by atoms with Crippen molar-refractivity contribution in [2.24, 2.45) is 5.92 Å². The molecule has 0 bridgehead atoms. The van der Waals surface area contributed by atoms with E-state index in [4.69, 9.17) is 9.84 Å². The first kappa shape index (κ1) is 14.8. The molecule has 5 nitrogen and oxygen atoms in total. The van der Waals surface area contributed by atoms with E-state index in [2.05, 4.69) is 10.3 Å². The monoisotopic (exact) mass is 278 g/mol. The van der Waals surface area contributed by atoms with E-state index in [1.807, 2.05) is 13.8 Å². The van der Waals surface area contributed by atoms with E-state index in [1.54, 1.807) is 12.3 Å². The van der Waals surface area contributed by atoms with Gasteiger partial charge in [0.1, 0.15) is 5.75 Å². The molecule has 0 aliphatic heterocycles. The summed E-state index contributed by atoms with van der Waals surface area (Å²) in [6.45, 7) is 3.95. The second-order valence-electron chi connectivity index (χ2n) is 5.51. The normalized spacial score (nSPS) is 16.0. The van der Waals surface area contributed by atoms with Crippen molar-refractivity contribution in [2.45, 2.75) is 45.3 Å². The number of hydrogen-bond acceptors (Lipinski definition) is 4. The summed E-state index contributed by atoms with van der Waals surface area (Å²) >= 11 is 0. The van der Waals surface area contributed by atoms with E-state index in [0.29, 0.717) is 23.7 Å². The Morgan fingerprint density at radius 1 is 1.50 bits per heavy atom. The number of nitrogens with zero attached hydrogens (tertiary/aromatic N) is 1. The van der Waals surface area contributed by atoms with Gasteiger partial charge in [-0.15, -0.1) is 0 Å². The Morgan fingerprint density at radius 3 is 2.85 bits per heavy atom. The van der Waals surface area contributed by atoms with Gasteiger partial charge in [-0.25, -0.2) is 0 Å². The molecule has 2 rings (SSSR count). The number of carbonyl (C=O) groups is 1. The molecule has 1 aliphatic carbocycles. The van der Waals surface area contributed by atoms with Gasteiger partial charge in [0.05, 0.1) is 17.9 Å². The van der Waals surface area contributed by atoms with Gasteiger partial charge in [-0.2, -0.15) is 0 Å². The first-order valence-corrected chi connectivity index (χ1v) is 7.13. The summed E-state index contributed by atoms with van der Waals surface area (Å²) in [6.07, 6.45) is 6.03. The Bertz CT molecular complexity index is 458. The van der Waals surface area contributed by atoms with Crippen LogP contribution in [0.15, 0.2) is 18.5 Å². The molecule has 1 heterocycles. The molecule has 1 aromatic rings. The zero-order valence-corrected chi connectivity index (χ0v) is 12.0. The number of rotatable bonds is 7. The van der Waals surface area contributed by atoms with Crippen LogP contribution in [0.5, 0.6) is 5.75 Å². The number of amides is 1. The van der Waals surface area contributed by atoms with Gasteiger partial charge < -0.3 is 15.2 Å². The topological polar surface area (TPSA) is 71.5 Å². The summed E-state index contributed by atoms with van der Waals surface area (Å²) in [4.78, 5) is 16.2. The Hall–Kier alpha value is -1.62. The molecule has 1 aromatic heterocycles. The standard InChI is InChI=1S/C15H22N2O3/c1-10(2)20-13-7-12(8-16-9-13)15(19)17-14(5-6-18)11-3-4-11/h7-11,14,18H,3-6H2,1-2H3,(H,17,19). The summed E-state index contributed by atoms with van der Waals surface area (Å²) in [6, 6.07) is 1.76. The Morgan fingerprint density at radius 2 is 2.25 bits per heavy atom. The SMILES string of the molecule is CC(C)Oc1cncc(C(=O)NC(CCO)C2CC2)c1. The van der Waals surface area contributed by atoms with E-state index in [-0.39, 0.29) is 24.7 Å². The Labute approximate surface area is 119 Å². The Balaban J connectivity index is 2.00. The second kappa shape index (κ2) is 6.70. The third-order valence-electron chi connectivity index (χ3n) is 3.29. The first-order valence-electron chi connectivity index (χ1n) is 7.13. The highest BCUT2D eigenvalue weighted by Gasteiger charge is 2.32. The number of aliphatic hydroxyl groups excluding tert-OH is 1. The summed E-state index contributed by atoms with van der Waals surface area (Å²) in [5.74, 6) is 0.948. The van der Waals surface area contributed by atoms with Crippen LogP contribution in [0.1, 0.15) is 43.5 Å². The van der Waals surface area contributed by atoms with Crippen molar-refractivity contribution in [1.29, 1.82) is 0 Å². The maximum absolute atomic E-state index is 12.2. The zero-order chi connectivity index (χ0) is 14.5. The van der Waals surface area contributed by atoms with Gasteiger partial charge in [0.2, 0.25) is 0 Å². The molecule has 110 valence electrons. The third kappa shape index (κ3) is 4.20. The van der Waals surface area contributed by atoms with Gasteiger partial charge in [-0.05, 0) is 45.1 Å². The van der Waals surface area contributed by atoms with Crippen LogP contribution < -0.4 is 10.1 Å². The maximum Gasteiger partial charge on any atom is 0.253 e. The highest BCUT2D eigenvalue weighted by molar-refractivity contribution is 5.94. The summed E-state index contributed by atoms with van der Waals surface area (Å²) in [5, 5.41) is 12.0. The lowest BCUT2D eigenvalue weighted by Crippen LogP contribution is -2.37. The van der Waals surface area contributed by atoms with Crippen LogP contribution in [0, 0.1) is 5.92 Å².